The van der Waals surface area contributed by atoms with Crippen LogP contribution in [0.15, 0.2) is 0 Å². The van der Waals surface area contributed by atoms with Gasteiger partial charge in [-0.1, -0.05) is 13.8 Å². The third-order valence-corrected chi connectivity index (χ3v) is 3.21. The summed E-state index contributed by atoms with van der Waals surface area (Å²) in [7, 11) is 0. The van der Waals surface area contributed by atoms with Crippen LogP contribution in [0.3, 0.4) is 0 Å². The van der Waals surface area contributed by atoms with Gasteiger partial charge in [0.05, 0.1) is 0 Å². The maximum Gasteiger partial charge on any atom is 0.218 e. The molecule has 1 fully saturated rings. The van der Waals surface area contributed by atoms with Crippen molar-refractivity contribution in [1.82, 2.24) is 5.32 Å². The summed E-state index contributed by atoms with van der Waals surface area (Å²) in [4.78, 5) is 10.6. The predicted molar refractivity (Wildman–Crippen MR) is 57.8 cm³/mol. The minimum absolute atomic E-state index is 0.214. The number of carbonyl (C=O) groups is 1. The van der Waals surface area contributed by atoms with E-state index in [-0.39, 0.29) is 5.91 Å². The summed E-state index contributed by atoms with van der Waals surface area (Å²) in [5.74, 6) is 1.38. The van der Waals surface area contributed by atoms with Crippen LogP contribution in [0.5, 0.6) is 0 Å². The SMILES string of the molecule is CC1CCC(NCCC(N)=O)C(C)C1. The van der Waals surface area contributed by atoms with E-state index in [1.165, 1.54) is 19.3 Å². The number of rotatable bonds is 4. The minimum Gasteiger partial charge on any atom is -0.370 e. The second-order valence-corrected chi connectivity index (χ2v) is 4.67. The molecule has 0 heterocycles. The highest BCUT2D eigenvalue weighted by Gasteiger charge is 2.24. The molecule has 0 radical (unpaired) electrons. The Balaban J connectivity index is 2.20. The monoisotopic (exact) mass is 198 g/mol. The molecule has 3 heteroatoms. The number of amides is 1. The van der Waals surface area contributed by atoms with Crippen molar-refractivity contribution in [1.29, 1.82) is 0 Å². The Kier molecular flexibility index (Phi) is 4.39. The van der Waals surface area contributed by atoms with E-state index in [1.54, 1.807) is 0 Å². The summed E-state index contributed by atoms with van der Waals surface area (Å²) >= 11 is 0. The second kappa shape index (κ2) is 5.35. The lowest BCUT2D eigenvalue weighted by molar-refractivity contribution is -0.117. The van der Waals surface area contributed by atoms with Gasteiger partial charge in [0, 0.05) is 19.0 Å². The summed E-state index contributed by atoms with van der Waals surface area (Å²) in [6.07, 6.45) is 4.30. The van der Waals surface area contributed by atoms with E-state index in [2.05, 4.69) is 19.2 Å². The summed E-state index contributed by atoms with van der Waals surface area (Å²) < 4.78 is 0. The van der Waals surface area contributed by atoms with Crippen LogP contribution in [0, 0.1) is 11.8 Å². The van der Waals surface area contributed by atoms with E-state index < -0.39 is 0 Å². The van der Waals surface area contributed by atoms with Crippen LogP contribution in [0.4, 0.5) is 0 Å². The van der Waals surface area contributed by atoms with Gasteiger partial charge in [0.25, 0.3) is 0 Å². The highest BCUT2D eigenvalue weighted by atomic mass is 16.1. The standard InChI is InChI=1S/C11H22N2O/c1-8-3-4-10(9(2)7-8)13-6-5-11(12)14/h8-10,13H,3-7H2,1-2H3,(H2,12,14). The lowest BCUT2D eigenvalue weighted by Crippen LogP contribution is -2.40. The molecule has 0 aromatic rings. The zero-order valence-corrected chi connectivity index (χ0v) is 9.25. The van der Waals surface area contributed by atoms with Gasteiger partial charge in [-0.3, -0.25) is 4.79 Å². The van der Waals surface area contributed by atoms with Crippen molar-refractivity contribution >= 4 is 5.91 Å². The smallest absolute Gasteiger partial charge is 0.218 e. The fourth-order valence-electron chi connectivity index (χ4n) is 2.35. The van der Waals surface area contributed by atoms with Gasteiger partial charge in [-0.05, 0) is 31.1 Å². The van der Waals surface area contributed by atoms with E-state index in [0.29, 0.717) is 12.5 Å². The van der Waals surface area contributed by atoms with Crippen LogP contribution < -0.4 is 11.1 Å². The van der Waals surface area contributed by atoms with E-state index in [9.17, 15) is 4.79 Å². The molecule has 3 atom stereocenters. The molecule has 0 bridgehead atoms. The zero-order valence-electron chi connectivity index (χ0n) is 9.25. The highest BCUT2D eigenvalue weighted by molar-refractivity contribution is 5.73. The largest absolute Gasteiger partial charge is 0.370 e. The Morgan fingerprint density at radius 2 is 2.14 bits per heavy atom. The average molecular weight is 198 g/mol. The van der Waals surface area contributed by atoms with Gasteiger partial charge in [-0.15, -0.1) is 0 Å². The number of hydrogen-bond acceptors (Lipinski definition) is 2. The van der Waals surface area contributed by atoms with Gasteiger partial charge < -0.3 is 11.1 Å². The first-order valence-electron chi connectivity index (χ1n) is 5.61. The predicted octanol–water partition coefficient (Wildman–Crippen LogP) is 1.28. The van der Waals surface area contributed by atoms with Crippen LogP contribution in [0.25, 0.3) is 0 Å². The maximum absolute atomic E-state index is 10.6. The number of nitrogens with one attached hydrogen (secondary N) is 1. The van der Waals surface area contributed by atoms with Crippen LogP contribution >= 0.6 is 0 Å². The number of primary amides is 1. The van der Waals surface area contributed by atoms with Crippen molar-refractivity contribution < 1.29 is 4.79 Å². The average Bonchev–Trinajstić information content (AvgIpc) is 2.08. The van der Waals surface area contributed by atoms with Gasteiger partial charge in [0.1, 0.15) is 0 Å². The number of nitrogens with two attached hydrogens (primary N) is 1. The van der Waals surface area contributed by atoms with Crippen molar-refractivity contribution in [2.75, 3.05) is 6.54 Å². The fraction of sp³-hybridized carbons (Fsp3) is 0.909. The van der Waals surface area contributed by atoms with Crippen LogP contribution in [-0.2, 0) is 4.79 Å². The van der Waals surface area contributed by atoms with Crippen molar-refractivity contribution in [3.8, 4) is 0 Å². The van der Waals surface area contributed by atoms with E-state index >= 15 is 0 Å². The second-order valence-electron chi connectivity index (χ2n) is 4.67. The molecule has 1 amide bonds. The molecule has 0 spiro atoms. The molecule has 1 aliphatic carbocycles. The van der Waals surface area contributed by atoms with Crippen LogP contribution in [0.1, 0.15) is 39.5 Å². The Morgan fingerprint density at radius 3 is 2.71 bits per heavy atom. The van der Waals surface area contributed by atoms with E-state index in [1.807, 2.05) is 0 Å². The molecular weight excluding hydrogens is 176 g/mol. The molecule has 0 aromatic carbocycles. The fourth-order valence-corrected chi connectivity index (χ4v) is 2.35. The normalized spacial score (nSPS) is 32.9. The van der Waals surface area contributed by atoms with Crippen molar-refractivity contribution in [3.05, 3.63) is 0 Å². The topological polar surface area (TPSA) is 55.1 Å². The summed E-state index contributed by atoms with van der Waals surface area (Å²) in [6.45, 7) is 5.34. The molecule has 1 aliphatic rings. The van der Waals surface area contributed by atoms with Crippen molar-refractivity contribution in [3.63, 3.8) is 0 Å². The molecule has 1 rings (SSSR count). The van der Waals surface area contributed by atoms with Crippen LogP contribution in [-0.4, -0.2) is 18.5 Å². The van der Waals surface area contributed by atoms with Gasteiger partial charge >= 0.3 is 0 Å². The maximum atomic E-state index is 10.6. The quantitative estimate of drug-likeness (QED) is 0.715. The number of hydrogen-bond donors (Lipinski definition) is 2. The van der Waals surface area contributed by atoms with E-state index in [4.69, 9.17) is 5.73 Å². The Labute approximate surface area is 86.4 Å². The minimum atomic E-state index is -0.214. The molecule has 1 saturated carbocycles. The lowest BCUT2D eigenvalue weighted by atomic mass is 9.80. The third kappa shape index (κ3) is 3.66. The molecule has 0 aromatic heterocycles. The molecule has 0 saturated heterocycles. The van der Waals surface area contributed by atoms with Gasteiger partial charge in [-0.2, -0.15) is 0 Å². The first kappa shape index (κ1) is 11.5. The molecule has 3 nitrogen and oxygen atoms in total. The highest BCUT2D eigenvalue weighted by Crippen LogP contribution is 2.28. The van der Waals surface area contributed by atoms with Crippen molar-refractivity contribution in [2.45, 2.75) is 45.6 Å². The Hall–Kier alpha value is -0.570. The molecule has 3 unspecified atom stereocenters. The molecule has 3 N–H and O–H groups in total. The summed E-state index contributed by atoms with van der Waals surface area (Å²) in [5.41, 5.74) is 5.09. The van der Waals surface area contributed by atoms with Gasteiger partial charge in [-0.25, -0.2) is 0 Å². The Morgan fingerprint density at radius 1 is 1.43 bits per heavy atom. The van der Waals surface area contributed by atoms with Gasteiger partial charge in [0.2, 0.25) is 5.91 Å². The van der Waals surface area contributed by atoms with E-state index in [0.717, 1.165) is 18.4 Å². The molecular formula is C11H22N2O. The Bertz CT molecular complexity index is 194. The molecule has 0 aliphatic heterocycles. The molecule has 14 heavy (non-hydrogen) atoms. The van der Waals surface area contributed by atoms with Gasteiger partial charge in [0.15, 0.2) is 0 Å². The van der Waals surface area contributed by atoms with Crippen LogP contribution in [0.2, 0.25) is 0 Å². The first-order valence-corrected chi connectivity index (χ1v) is 5.61. The summed E-state index contributed by atoms with van der Waals surface area (Å²) in [5, 5.41) is 3.42. The zero-order chi connectivity index (χ0) is 10.6. The first-order chi connectivity index (χ1) is 6.59. The summed E-state index contributed by atoms with van der Waals surface area (Å²) in [6, 6.07) is 0.588. The lowest BCUT2D eigenvalue weighted by Gasteiger charge is -2.33. The number of carbonyl (C=O) groups excluding carboxylic acids is 1. The third-order valence-electron chi connectivity index (χ3n) is 3.21. The molecule has 82 valence electrons. The van der Waals surface area contributed by atoms with Crippen molar-refractivity contribution in [2.24, 2.45) is 17.6 Å².